The molecule has 2 aromatic rings. The number of benzene rings is 1. The molecule has 0 radical (unpaired) electrons. The molecule has 0 saturated heterocycles. The van der Waals surface area contributed by atoms with Crippen LogP contribution in [0.3, 0.4) is 0 Å². The highest BCUT2D eigenvalue weighted by molar-refractivity contribution is 5.91. The molecule has 2 N–H and O–H groups in total. The Labute approximate surface area is 125 Å². The quantitative estimate of drug-likeness (QED) is 0.890. The standard InChI is InChI=1S/C17H21N3O/c1-11(2)17(21)20-15-7-8-16(18-10-15)19-14-6-5-12(3)13(4)9-14/h5-11H,1-4H3,(H,18,19)(H,20,21). The monoisotopic (exact) mass is 283 g/mol. The van der Waals surface area contributed by atoms with E-state index in [0.717, 1.165) is 11.5 Å². The number of nitrogens with one attached hydrogen (secondary N) is 2. The number of carbonyl (C=O) groups excluding carboxylic acids is 1. The van der Waals surface area contributed by atoms with Crippen LogP contribution in [0.15, 0.2) is 36.5 Å². The second kappa shape index (κ2) is 6.39. The number of aromatic nitrogens is 1. The highest BCUT2D eigenvalue weighted by Crippen LogP contribution is 2.19. The fourth-order valence-corrected chi connectivity index (χ4v) is 1.80. The van der Waals surface area contributed by atoms with Crippen molar-refractivity contribution < 1.29 is 4.79 Å². The van der Waals surface area contributed by atoms with Gasteiger partial charge in [-0.05, 0) is 49.2 Å². The Morgan fingerprint density at radius 1 is 1.05 bits per heavy atom. The molecule has 21 heavy (non-hydrogen) atoms. The summed E-state index contributed by atoms with van der Waals surface area (Å²) < 4.78 is 0. The zero-order valence-electron chi connectivity index (χ0n) is 12.9. The van der Waals surface area contributed by atoms with Crippen LogP contribution in [0.4, 0.5) is 17.2 Å². The molecule has 0 saturated carbocycles. The molecule has 1 aromatic carbocycles. The van der Waals surface area contributed by atoms with E-state index in [2.05, 4.69) is 41.6 Å². The summed E-state index contributed by atoms with van der Waals surface area (Å²) in [5, 5.41) is 6.07. The minimum absolute atomic E-state index is 0.00771. The van der Waals surface area contributed by atoms with Crippen molar-refractivity contribution in [1.29, 1.82) is 0 Å². The third-order valence-corrected chi connectivity index (χ3v) is 3.33. The molecule has 0 bridgehead atoms. The van der Waals surface area contributed by atoms with Crippen LogP contribution in [0, 0.1) is 19.8 Å². The van der Waals surface area contributed by atoms with Crippen LogP contribution in [0.5, 0.6) is 0 Å². The lowest BCUT2D eigenvalue weighted by Crippen LogP contribution is -2.17. The number of nitrogens with zero attached hydrogens (tertiary/aromatic N) is 1. The van der Waals surface area contributed by atoms with Gasteiger partial charge in [0.15, 0.2) is 0 Å². The highest BCUT2D eigenvalue weighted by atomic mass is 16.1. The third kappa shape index (κ3) is 4.05. The molecule has 1 amide bonds. The number of pyridine rings is 1. The van der Waals surface area contributed by atoms with Crippen LogP contribution in [-0.4, -0.2) is 10.9 Å². The van der Waals surface area contributed by atoms with Crippen LogP contribution in [0.1, 0.15) is 25.0 Å². The largest absolute Gasteiger partial charge is 0.340 e. The van der Waals surface area contributed by atoms with Crippen molar-refractivity contribution in [2.24, 2.45) is 5.92 Å². The molecule has 4 nitrogen and oxygen atoms in total. The summed E-state index contributed by atoms with van der Waals surface area (Å²) in [6.07, 6.45) is 1.66. The molecule has 2 rings (SSSR count). The van der Waals surface area contributed by atoms with E-state index in [-0.39, 0.29) is 11.8 Å². The summed E-state index contributed by atoms with van der Waals surface area (Å²) >= 11 is 0. The van der Waals surface area contributed by atoms with Crippen LogP contribution in [0.2, 0.25) is 0 Å². The van der Waals surface area contributed by atoms with E-state index in [4.69, 9.17) is 0 Å². The lowest BCUT2D eigenvalue weighted by atomic mass is 10.1. The maximum atomic E-state index is 11.6. The Morgan fingerprint density at radius 3 is 2.33 bits per heavy atom. The van der Waals surface area contributed by atoms with Gasteiger partial charge in [-0.1, -0.05) is 19.9 Å². The molecule has 0 aliphatic carbocycles. The van der Waals surface area contributed by atoms with E-state index < -0.39 is 0 Å². The summed E-state index contributed by atoms with van der Waals surface area (Å²) in [5.41, 5.74) is 4.21. The first-order valence-corrected chi connectivity index (χ1v) is 7.07. The molecular weight excluding hydrogens is 262 g/mol. The van der Waals surface area contributed by atoms with E-state index in [1.54, 1.807) is 6.20 Å². The first-order chi connectivity index (χ1) is 9.95. The smallest absolute Gasteiger partial charge is 0.226 e. The van der Waals surface area contributed by atoms with E-state index in [9.17, 15) is 4.79 Å². The fourth-order valence-electron chi connectivity index (χ4n) is 1.80. The van der Waals surface area contributed by atoms with Gasteiger partial charge in [0.05, 0.1) is 11.9 Å². The number of hydrogen-bond acceptors (Lipinski definition) is 3. The van der Waals surface area contributed by atoms with Gasteiger partial charge in [-0.15, -0.1) is 0 Å². The number of anilines is 3. The number of amides is 1. The van der Waals surface area contributed by atoms with Crippen LogP contribution in [-0.2, 0) is 4.79 Å². The molecule has 0 unspecified atom stereocenters. The zero-order valence-corrected chi connectivity index (χ0v) is 12.9. The van der Waals surface area contributed by atoms with E-state index in [1.165, 1.54) is 11.1 Å². The van der Waals surface area contributed by atoms with Gasteiger partial charge in [0.2, 0.25) is 5.91 Å². The molecule has 1 aromatic heterocycles. The van der Waals surface area contributed by atoms with Gasteiger partial charge < -0.3 is 10.6 Å². The summed E-state index contributed by atoms with van der Waals surface area (Å²) in [6.45, 7) is 7.89. The van der Waals surface area contributed by atoms with Crippen molar-refractivity contribution in [3.8, 4) is 0 Å². The third-order valence-electron chi connectivity index (χ3n) is 3.33. The van der Waals surface area contributed by atoms with Gasteiger partial charge in [-0.3, -0.25) is 4.79 Å². The molecule has 0 aliphatic heterocycles. The highest BCUT2D eigenvalue weighted by Gasteiger charge is 2.07. The zero-order chi connectivity index (χ0) is 15.4. The second-order valence-corrected chi connectivity index (χ2v) is 5.50. The Bertz CT molecular complexity index is 633. The molecule has 0 spiro atoms. The van der Waals surface area contributed by atoms with E-state index >= 15 is 0 Å². The van der Waals surface area contributed by atoms with Gasteiger partial charge in [-0.25, -0.2) is 4.98 Å². The van der Waals surface area contributed by atoms with Gasteiger partial charge in [0, 0.05) is 11.6 Å². The Kier molecular flexibility index (Phi) is 4.58. The maximum Gasteiger partial charge on any atom is 0.226 e. The van der Waals surface area contributed by atoms with E-state index in [0.29, 0.717) is 5.69 Å². The van der Waals surface area contributed by atoms with Crippen molar-refractivity contribution in [3.05, 3.63) is 47.7 Å². The Balaban J connectivity index is 2.05. The maximum absolute atomic E-state index is 11.6. The number of carbonyl (C=O) groups is 1. The predicted octanol–water partition coefficient (Wildman–Crippen LogP) is 4.04. The average Bonchev–Trinajstić information content (AvgIpc) is 2.45. The van der Waals surface area contributed by atoms with Crippen molar-refractivity contribution in [3.63, 3.8) is 0 Å². The minimum atomic E-state index is -0.0432. The summed E-state index contributed by atoms with van der Waals surface area (Å²) in [7, 11) is 0. The predicted molar refractivity (Wildman–Crippen MR) is 86.9 cm³/mol. The minimum Gasteiger partial charge on any atom is -0.340 e. The van der Waals surface area contributed by atoms with E-state index in [1.807, 2.05) is 32.0 Å². The Hall–Kier alpha value is -2.36. The van der Waals surface area contributed by atoms with Crippen molar-refractivity contribution >= 4 is 23.1 Å². The lowest BCUT2D eigenvalue weighted by Gasteiger charge is -2.10. The lowest BCUT2D eigenvalue weighted by molar-refractivity contribution is -0.118. The summed E-state index contributed by atoms with van der Waals surface area (Å²) in [5.74, 6) is 0.700. The second-order valence-electron chi connectivity index (χ2n) is 5.50. The van der Waals surface area contributed by atoms with Crippen LogP contribution in [0.25, 0.3) is 0 Å². The topological polar surface area (TPSA) is 54.0 Å². The van der Waals surface area contributed by atoms with Crippen molar-refractivity contribution in [2.45, 2.75) is 27.7 Å². The molecular formula is C17H21N3O. The van der Waals surface area contributed by atoms with Crippen LogP contribution >= 0.6 is 0 Å². The van der Waals surface area contributed by atoms with Crippen molar-refractivity contribution in [1.82, 2.24) is 4.98 Å². The Morgan fingerprint density at radius 2 is 1.76 bits per heavy atom. The SMILES string of the molecule is Cc1ccc(Nc2ccc(NC(=O)C(C)C)cn2)cc1C. The number of aryl methyl sites for hydroxylation is 2. The molecule has 0 aliphatic rings. The molecule has 0 atom stereocenters. The normalized spacial score (nSPS) is 10.5. The van der Waals surface area contributed by atoms with Gasteiger partial charge in [0.25, 0.3) is 0 Å². The molecule has 4 heteroatoms. The summed E-state index contributed by atoms with van der Waals surface area (Å²) in [6, 6.07) is 9.89. The average molecular weight is 283 g/mol. The summed E-state index contributed by atoms with van der Waals surface area (Å²) in [4.78, 5) is 15.9. The van der Waals surface area contributed by atoms with Crippen molar-refractivity contribution in [2.75, 3.05) is 10.6 Å². The van der Waals surface area contributed by atoms with Gasteiger partial charge in [-0.2, -0.15) is 0 Å². The van der Waals surface area contributed by atoms with Crippen LogP contribution < -0.4 is 10.6 Å². The molecule has 110 valence electrons. The first-order valence-electron chi connectivity index (χ1n) is 7.07. The first kappa shape index (κ1) is 15.0. The van der Waals surface area contributed by atoms with Gasteiger partial charge >= 0.3 is 0 Å². The fraction of sp³-hybridized carbons (Fsp3) is 0.294. The number of hydrogen-bond donors (Lipinski definition) is 2. The molecule has 1 heterocycles. The number of rotatable bonds is 4. The molecule has 0 fully saturated rings. The van der Waals surface area contributed by atoms with Gasteiger partial charge in [0.1, 0.15) is 5.82 Å².